The Bertz CT molecular complexity index is 963. The zero-order chi connectivity index (χ0) is 22.2. The van der Waals surface area contributed by atoms with Gasteiger partial charge in [0.05, 0.1) is 22.9 Å². The Morgan fingerprint density at radius 2 is 1.80 bits per heavy atom. The van der Waals surface area contributed by atoms with Crippen molar-refractivity contribution in [1.29, 1.82) is 0 Å². The normalized spacial score (nSPS) is 24.4. The average molecular weight is 452 g/mol. The van der Waals surface area contributed by atoms with Gasteiger partial charge in [-0.05, 0) is 55.7 Å². The van der Waals surface area contributed by atoms with Gasteiger partial charge in [0.25, 0.3) is 0 Å². The van der Waals surface area contributed by atoms with Gasteiger partial charge in [-0.2, -0.15) is 0 Å². The number of benzene rings is 2. The van der Waals surface area contributed by atoms with E-state index in [-0.39, 0.29) is 35.4 Å². The van der Waals surface area contributed by atoms with Crippen LogP contribution >= 0.6 is 23.2 Å². The van der Waals surface area contributed by atoms with Crippen molar-refractivity contribution >= 4 is 35.1 Å². The van der Waals surface area contributed by atoms with Crippen LogP contribution in [0.2, 0.25) is 10.0 Å². The lowest BCUT2D eigenvalue weighted by Gasteiger charge is -2.50. The Morgan fingerprint density at radius 3 is 2.33 bits per heavy atom. The molecule has 1 fully saturated rings. The van der Waals surface area contributed by atoms with E-state index < -0.39 is 17.2 Å². The summed E-state index contributed by atoms with van der Waals surface area (Å²) in [5.74, 6) is -2.03. The van der Waals surface area contributed by atoms with Crippen LogP contribution in [0.1, 0.15) is 56.7 Å². The fraction of sp³-hybridized carbons (Fsp3) is 0.391. The van der Waals surface area contributed by atoms with Crippen LogP contribution in [0, 0.1) is 11.2 Å². The van der Waals surface area contributed by atoms with Crippen LogP contribution in [0.3, 0.4) is 0 Å². The first kappa shape index (κ1) is 22.6. The summed E-state index contributed by atoms with van der Waals surface area (Å²) in [7, 11) is 0. The summed E-state index contributed by atoms with van der Waals surface area (Å²) in [5.41, 5.74) is 0.547. The van der Waals surface area contributed by atoms with E-state index in [0.717, 1.165) is 11.1 Å². The molecule has 4 nitrogen and oxygen atoms in total. The highest BCUT2D eigenvalue weighted by Crippen LogP contribution is 2.51. The van der Waals surface area contributed by atoms with Gasteiger partial charge in [-0.15, -0.1) is 0 Å². The number of aliphatic carboxylic acids is 1. The molecule has 3 atom stereocenters. The van der Waals surface area contributed by atoms with Crippen molar-refractivity contribution in [2.24, 2.45) is 5.41 Å². The van der Waals surface area contributed by atoms with Crippen molar-refractivity contribution in [2.45, 2.75) is 51.6 Å². The van der Waals surface area contributed by atoms with E-state index in [2.05, 4.69) is 0 Å². The standard InChI is InChI=1S/C23H24Cl2FNO3/c1-13(2)27-21(14-4-7-16(24)8-5-14)17(15-6-9-19(26)18(25)10-15)11-23(3,22(27)30)12-20(28)29/h4-10,13,17,21H,11-12H2,1-3H3,(H,28,29). The maximum Gasteiger partial charge on any atom is 0.304 e. The van der Waals surface area contributed by atoms with E-state index >= 15 is 0 Å². The smallest absolute Gasteiger partial charge is 0.304 e. The number of amides is 1. The van der Waals surface area contributed by atoms with E-state index in [4.69, 9.17) is 23.2 Å². The number of carboxylic acid groups (broad SMARTS) is 1. The monoisotopic (exact) mass is 451 g/mol. The van der Waals surface area contributed by atoms with Crippen LogP contribution in [0.15, 0.2) is 42.5 Å². The van der Waals surface area contributed by atoms with Crippen molar-refractivity contribution in [3.8, 4) is 0 Å². The second kappa shape index (κ2) is 8.56. The zero-order valence-electron chi connectivity index (χ0n) is 17.0. The average Bonchev–Trinajstić information content (AvgIpc) is 2.65. The first-order valence-corrected chi connectivity index (χ1v) is 10.5. The highest BCUT2D eigenvalue weighted by atomic mass is 35.5. The maximum atomic E-state index is 13.8. The molecule has 1 N–H and O–H groups in total. The number of hydrogen-bond donors (Lipinski definition) is 1. The molecule has 1 saturated heterocycles. The molecule has 3 unspecified atom stereocenters. The van der Waals surface area contributed by atoms with Gasteiger partial charge in [0, 0.05) is 17.0 Å². The summed E-state index contributed by atoms with van der Waals surface area (Å²) in [6.45, 7) is 5.50. The molecule has 0 aromatic heterocycles. The highest BCUT2D eigenvalue weighted by Gasteiger charge is 2.51. The predicted octanol–water partition coefficient (Wildman–Crippen LogP) is 6.08. The molecule has 2 aromatic carbocycles. The largest absolute Gasteiger partial charge is 0.481 e. The van der Waals surface area contributed by atoms with Crippen LogP contribution in [0.25, 0.3) is 0 Å². The second-order valence-corrected chi connectivity index (χ2v) is 9.26. The third kappa shape index (κ3) is 4.33. The summed E-state index contributed by atoms with van der Waals surface area (Å²) in [6, 6.07) is 11.3. The molecule has 7 heteroatoms. The van der Waals surface area contributed by atoms with Crippen molar-refractivity contribution in [1.82, 2.24) is 4.90 Å². The Labute approximate surface area is 185 Å². The minimum absolute atomic E-state index is 0.00436. The molecule has 0 bridgehead atoms. The number of likely N-dealkylation sites (tertiary alicyclic amines) is 1. The van der Waals surface area contributed by atoms with E-state index in [1.54, 1.807) is 36.1 Å². The topological polar surface area (TPSA) is 57.6 Å². The first-order chi connectivity index (χ1) is 14.0. The molecule has 1 heterocycles. The number of halogens is 3. The number of carbonyl (C=O) groups excluding carboxylic acids is 1. The van der Waals surface area contributed by atoms with Gasteiger partial charge in [-0.25, -0.2) is 4.39 Å². The maximum absolute atomic E-state index is 13.8. The number of carbonyl (C=O) groups is 2. The van der Waals surface area contributed by atoms with Gasteiger partial charge >= 0.3 is 5.97 Å². The quantitative estimate of drug-likeness (QED) is 0.598. The molecule has 1 aliphatic rings. The lowest BCUT2D eigenvalue weighted by Crippen LogP contribution is -2.54. The Morgan fingerprint density at radius 1 is 1.20 bits per heavy atom. The van der Waals surface area contributed by atoms with E-state index in [0.29, 0.717) is 11.4 Å². The van der Waals surface area contributed by atoms with E-state index in [9.17, 15) is 19.1 Å². The number of piperidine rings is 1. The minimum atomic E-state index is -1.09. The van der Waals surface area contributed by atoms with Crippen molar-refractivity contribution in [3.05, 3.63) is 69.5 Å². The molecule has 0 aliphatic carbocycles. The van der Waals surface area contributed by atoms with Crippen LogP contribution in [0.5, 0.6) is 0 Å². The van der Waals surface area contributed by atoms with Gasteiger partial charge < -0.3 is 10.0 Å². The molecule has 1 aliphatic heterocycles. The number of nitrogens with zero attached hydrogens (tertiary/aromatic N) is 1. The van der Waals surface area contributed by atoms with E-state index in [1.807, 2.05) is 26.0 Å². The van der Waals surface area contributed by atoms with Gasteiger partial charge in [0.2, 0.25) is 5.91 Å². The third-order valence-electron chi connectivity index (χ3n) is 5.78. The summed E-state index contributed by atoms with van der Waals surface area (Å²) >= 11 is 12.1. The number of rotatable bonds is 5. The van der Waals surface area contributed by atoms with Crippen LogP contribution in [0.4, 0.5) is 4.39 Å². The van der Waals surface area contributed by atoms with Crippen molar-refractivity contribution < 1.29 is 19.1 Å². The van der Waals surface area contributed by atoms with Gasteiger partial charge in [0.15, 0.2) is 0 Å². The molecule has 0 spiro atoms. The Hall–Kier alpha value is -2.11. The van der Waals surface area contributed by atoms with Crippen LogP contribution in [-0.4, -0.2) is 27.9 Å². The summed E-state index contributed by atoms with van der Waals surface area (Å²) in [6.07, 6.45) is 0.0183. The summed E-state index contributed by atoms with van der Waals surface area (Å²) in [4.78, 5) is 26.8. The summed E-state index contributed by atoms with van der Waals surface area (Å²) in [5, 5.41) is 10.0. The molecule has 1 amide bonds. The van der Waals surface area contributed by atoms with Crippen molar-refractivity contribution in [3.63, 3.8) is 0 Å². The van der Waals surface area contributed by atoms with Crippen LogP contribution in [-0.2, 0) is 9.59 Å². The molecule has 0 saturated carbocycles. The van der Waals surface area contributed by atoms with E-state index in [1.165, 1.54) is 6.07 Å². The van der Waals surface area contributed by atoms with Gasteiger partial charge in [-0.1, -0.05) is 48.3 Å². The second-order valence-electron chi connectivity index (χ2n) is 8.42. The first-order valence-electron chi connectivity index (χ1n) is 9.78. The number of hydrogen-bond acceptors (Lipinski definition) is 2. The van der Waals surface area contributed by atoms with Crippen molar-refractivity contribution in [2.75, 3.05) is 0 Å². The summed E-state index contributed by atoms with van der Waals surface area (Å²) < 4.78 is 13.8. The molecule has 3 rings (SSSR count). The molecule has 30 heavy (non-hydrogen) atoms. The molecule has 2 aromatic rings. The fourth-order valence-electron chi connectivity index (χ4n) is 4.45. The van der Waals surface area contributed by atoms with Gasteiger partial charge in [0.1, 0.15) is 5.82 Å². The lowest BCUT2D eigenvalue weighted by molar-refractivity contribution is -0.159. The highest BCUT2D eigenvalue weighted by molar-refractivity contribution is 6.31. The third-order valence-corrected chi connectivity index (χ3v) is 6.32. The lowest BCUT2D eigenvalue weighted by atomic mass is 9.67. The van der Waals surface area contributed by atoms with Crippen LogP contribution < -0.4 is 0 Å². The zero-order valence-corrected chi connectivity index (χ0v) is 18.5. The molecular weight excluding hydrogens is 428 g/mol. The molecule has 0 radical (unpaired) electrons. The Kier molecular flexibility index (Phi) is 6.44. The Balaban J connectivity index is 2.20. The van der Waals surface area contributed by atoms with Gasteiger partial charge in [-0.3, -0.25) is 9.59 Å². The predicted molar refractivity (Wildman–Crippen MR) is 115 cm³/mol. The minimum Gasteiger partial charge on any atom is -0.481 e. The number of carboxylic acids is 1. The SMILES string of the molecule is CC(C)N1C(=O)C(C)(CC(=O)O)CC(c2ccc(F)c(Cl)c2)C1c1ccc(Cl)cc1. The molecule has 160 valence electrons. The fourth-order valence-corrected chi connectivity index (χ4v) is 4.76. The molecular formula is C23H24Cl2FNO3.